The Hall–Kier alpha value is -3.00. The number of hydrogen-bond donors (Lipinski definition) is 2. The molecule has 1 unspecified atom stereocenters. The predicted molar refractivity (Wildman–Crippen MR) is 133 cm³/mol. The number of anilines is 1. The molecule has 3 saturated carbocycles. The van der Waals surface area contributed by atoms with Crippen molar-refractivity contribution in [1.29, 1.82) is 0 Å². The van der Waals surface area contributed by atoms with E-state index in [-0.39, 0.29) is 17.4 Å². The molecule has 4 heterocycles. The molecule has 0 radical (unpaired) electrons. The molecule has 1 amide bonds. The molecule has 1 saturated heterocycles. The fourth-order valence-corrected chi connectivity index (χ4v) is 6.18. The molecule has 3 aromatic rings. The highest BCUT2D eigenvalue weighted by Crippen LogP contribution is 2.69. The molecule has 3 aliphatic carbocycles. The van der Waals surface area contributed by atoms with E-state index in [0.717, 1.165) is 74.5 Å². The molecule has 4 fully saturated rings. The average molecular weight is 477 g/mol. The number of aromatic nitrogens is 3. The van der Waals surface area contributed by atoms with Gasteiger partial charge in [0.15, 0.2) is 0 Å². The van der Waals surface area contributed by atoms with Gasteiger partial charge in [0.05, 0.1) is 29.2 Å². The largest absolute Gasteiger partial charge is 0.370 e. The van der Waals surface area contributed by atoms with Crippen LogP contribution in [0.15, 0.2) is 43.0 Å². The molecule has 7 rings (SSSR count). The number of pyridine rings is 2. The second kappa shape index (κ2) is 8.59. The Morgan fingerprint density at radius 1 is 1.17 bits per heavy atom. The monoisotopic (exact) mass is 476 g/mol. The van der Waals surface area contributed by atoms with Gasteiger partial charge in [0.1, 0.15) is 11.3 Å². The summed E-state index contributed by atoms with van der Waals surface area (Å²) in [7, 11) is 0. The van der Waals surface area contributed by atoms with Crippen molar-refractivity contribution in [3.63, 3.8) is 0 Å². The zero-order chi connectivity index (χ0) is 24.0. The number of alkyl halides is 1. The van der Waals surface area contributed by atoms with E-state index < -0.39 is 5.67 Å². The first kappa shape index (κ1) is 22.5. The highest BCUT2D eigenvalue weighted by atomic mass is 19.1. The van der Waals surface area contributed by atoms with Crippen molar-refractivity contribution >= 4 is 17.2 Å². The minimum Gasteiger partial charge on any atom is -0.370 e. The van der Waals surface area contributed by atoms with E-state index in [4.69, 9.17) is 4.98 Å². The van der Waals surface area contributed by atoms with Crippen LogP contribution >= 0.6 is 0 Å². The van der Waals surface area contributed by atoms with Gasteiger partial charge in [-0.25, -0.2) is 9.37 Å². The summed E-state index contributed by atoms with van der Waals surface area (Å²) in [5.41, 5.74) is 3.81. The fourth-order valence-electron chi connectivity index (χ4n) is 6.18. The summed E-state index contributed by atoms with van der Waals surface area (Å²) in [6.07, 6.45) is 12.8. The molecule has 1 aliphatic heterocycles. The molecular formula is C27H33FN6O. The van der Waals surface area contributed by atoms with Crippen molar-refractivity contribution in [2.75, 3.05) is 24.5 Å². The van der Waals surface area contributed by atoms with Gasteiger partial charge in [-0.05, 0) is 61.6 Å². The minimum absolute atomic E-state index is 0.129. The lowest BCUT2D eigenvalue weighted by molar-refractivity contribution is -0.209. The van der Waals surface area contributed by atoms with Crippen LogP contribution in [0.25, 0.3) is 5.65 Å². The number of hydrogen-bond acceptors (Lipinski definition) is 5. The molecule has 7 nitrogen and oxygen atoms in total. The van der Waals surface area contributed by atoms with Crippen molar-refractivity contribution < 1.29 is 9.18 Å². The number of carbonyl (C=O) groups is 1. The first-order chi connectivity index (χ1) is 16.9. The van der Waals surface area contributed by atoms with E-state index in [1.165, 1.54) is 12.8 Å². The molecule has 0 aromatic carbocycles. The van der Waals surface area contributed by atoms with Gasteiger partial charge in [-0.3, -0.25) is 9.78 Å². The summed E-state index contributed by atoms with van der Waals surface area (Å²) in [4.78, 5) is 24.4. The Bertz CT molecular complexity index is 1230. The van der Waals surface area contributed by atoms with Gasteiger partial charge < -0.3 is 19.9 Å². The van der Waals surface area contributed by atoms with Crippen LogP contribution in [0.2, 0.25) is 0 Å². The quantitative estimate of drug-likeness (QED) is 0.484. The summed E-state index contributed by atoms with van der Waals surface area (Å²) < 4.78 is 15.7. The van der Waals surface area contributed by atoms with E-state index in [9.17, 15) is 9.18 Å². The number of nitrogens with one attached hydrogen (secondary N) is 2. The number of nitrogens with zero attached hydrogens (tertiary/aromatic N) is 4. The molecule has 2 N–H and O–H groups in total. The summed E-state index contributed by atoms with van der Waals surface area (Å²) in [5, 5.41) is 6.65. The third-order valence-electron chi connectivity index (χ3n) is 7.96. The van der Waals surface area contributed by atoms with Crippen LogP contribution in [0, 0.1) is 5.41 Å². The van der Waals surface area contributed by atoms with Crippen LogP contribution in [0.1, 0.15) is 73.1 Å². The lowest BCUT2D eigenvalue weighted by Crippen LogP contribution is -2.67. The van der Waals surface area contributed by atoms with Gasteiger partial charge in [-0.2, -0.15) is 0 Å². The normalized spacial score (nSPS) is 25.8. The minimum atomic E-state index is -0.841. The van der Waals surface area contributed by atoms with Gasteiger partial charge in [0, 0.05) is 44.8 Å². The lowest BCUT2D eigenvalue weighted by Gasteiger charge is -2.66. The van der Waals surface area contributed by atoms with Crippen LogP contribution in [0.5, 0.6) is 0 Å². The maximum absolute atomic E-state index is 13.7. The lowest BCUT2D eigenvalue weighted by atomic mass is 9.42. The van der Waals surface area contributed by atoms with Crippen molar-refractivity contribution in [3.8, 4) is 0 Å². The van der Waals surface area contributed by atoms with E-state index in [0.29, 0.717) is 5.56 Å². The topological polar surface area (TPSA) is 74.6 Å². The number of imidazole rings is 1. The van der Waals surface area contributed by atoms with Crippen molar-refractivity contribution in [2.45, 2.75) is 63.7 Å². The maximum Gasteiger partial charge on any atom is 0.253 e. The first-order valence-electron chi connectivity index (χ1n) is 12.8. The standard InChI is InChI=1S/C27H33FN6O/c1-2-22(32-25(35)20-9-21(12-29-11-20)33-7-3-4-8-33)23-14-34-13-19(5-6-24(34)31-23)10-30-18-26-15-27(28,16-26)17-26/h5-6,9,11-14,22,30H,2-4,7-8,10,15-18H2,1H3,(H,32,35). The highest BCUT2D eigenvalue weighted by molar-refractivity contribution is 5.95. The van der Waals surface area contributed by atoms with Crippen molar-refractivity contribution in [1.82, 2.24) is 25.0 Å². The SMILES string of the molecule is CCC(NC(=O)c1cncc(N2CCCC2)c1)c1cn2cc(CNCC34CC(F)(C3)C4)ccc2n1. The van der Waals surface area contributed by atoms with Crippen LogP contribution in [0.4, 0.5) is 10.1 Å². The van der Waals surface area contributed by atoms with E-state index in [1.807, 2.05) is 28.9 Å². The Kier molecular flexibility index (Phi) is 5.51. The van der Waals surface area contributed by atoms with Gasteiger partial charge in [-0.1, -0.05) is 13.0 Å². The average Bonchev–Trinajstić information content (AvgIpc) is 3.50. The maximum atomic E-state index is 13.7. The smallest absolute Gasteiger partial charge is 0.253 e. The van der Waals surface area contributed by atoms with E-state index in [2.05, 4.69) is 39.7 Å². The molecule has 35 heavy (non-hydrogen) atoms. The number of amides is 1. The molecule has 1 atom stereocenters. The summed E-state index contributed by atoms with van der Waals surface area (Å²) >= 11 is 0. The Morgan fingerprint density at radius 2 is 1.97 bits per heavy atom. The third kappa shape index (κ3) is 4.29. The number of halogens is 1. The molecule has 184 valence electrons. The van der Waals surface area contributed by atoms with Crippen LogP contribution in [-0.2, 0) is 6.54 Å². The second-order valence-electron chi connectivity index (χ2n) is 10.8. The molecule has 0 spiro atoms. The Labute approximate surface area is 205 Å². The van der Waals surface area contributed by atoms with Gasteiger partial charge >= 0.3 is 0 Å². The number of fused-ring (bicyclic) bond motifs is 1. The Balaban J connectivity index is 1.10. The zero-order valence-corrected chi connectivity index (χ0v) is 20.3. The number of carbonyl (C=O) groups excluding carboxylic acids is 1. The molecule has 4 aliphatic rings. The molecule has 2 bridgehead atoms. The zero-order valence-electron chi connectivity index (χ0n) is 20.3. The highest BCUT2D eigenvalue weighted by Gasteiger charge is 2.68. The molecule has 8 heteroatoms. The third-order valence-corrected chi connectivity index (χ3v) is 7.96. The predicted octanol–water partition coefficient (Wildman–Crippen LogP) is 4.19. The van der Waals surface area contributed by atoms with E-state index in [1.54, 1.807) is 6.20 Å². The fraction of sp³-hybridized carbons (Fsp3) is 0.519. The Morgan fingerprint density at radius 3 is 2.71 bits per heavy atom. The van der Waals surface area contributed by atoms with Crippen LogP contribution in [-0.4, -0.2) is 45.6 Å². The first-order valence-corrected chi connectivity index (χ1v) is 12.8. The molecular weight excluding hydrogens is 443 g/mol. The van der Waals surface area contributed by atoms with Gasteiger partial charge in [-0.15, -0.1) is 0 Å². The van der Waals surface area contributed by atoms with Gasteiger partial charge in [0.25, 0.3) is 5.91 Å². The van der Waals surface area contributed by atoms with Gasteiger partial charge in [0.2, 0.25) is 0 Å². The summed E-state index contributed by atoms with van der Waals surface area (Å²) in [6, 6.07) is 5.84. The summed E-state index contributed by atoms with van der Waals surface area (Å²) in [5.74, 6) is -0.129. The second-order valence-corrected chi connectivity index (χ2v) is 10.8. The van der Waals surface area contributed by atoms with E-state index >= 15 is 0 Å². The van der Waals surface area contributed by atoms with Crippen molar-refractivity contribution in [3.05, 3.63) is 59.8 Å². The number of rotatable bonds is 9. The summed E-state index contributed by atoms with van der Waals surface area (Å²) in [6.45, 7) is 5.71. The van der Waals surface area contributed by atoms with Crippen molar-refractivity contribution in [2.24, 2.45) is 5.41 Å². The van der Waals surface area contributed by atoms with Crippen LogP contribution < -0.4 is 15.5 Å². The molecule has 3 aromatic heterocycles. The van der Waals surface area contributed by atoms with Crippen LogP contribution in [0.3, 0.4) is 0 Å².